The predicted molar refractivity (Wildman–Crippen MR) is 103 cm³/mol. The summed E-state index contributed by atoms with van der Waals surface area (Å²) in [6.07, 6.45) is 0. The average molecular weight is 421 g/mol. The number of aryl methyl sites for hydroxylation is 1. The molecule has 0 saturated heterocycles. The third-order valence-corrected chi connectivity index (χ3v) is 5.83. The van der Waals surface area contributed by atoms with Crippen LogP contribution in [0.2, 0.25) is 5.02 Å². The number of sulfonamides is 1. The van der Waals surface area contributed by atoms with Gasteiger partial charge in [0, 0.05) is 16.1 Å². The van der Waals surface area contributed by atoms with Gasteiger partial charge in [0.05, 0.1) is 10.9 Å². The first-order valence-electron chi connectivity index (χ1n) is 8.19. The van der Waals surface area contributed by atoms with Crippen LogP contribution in [-0.4, -0.2) is 24.5 Å². The number of aromatic nitrogens is 2. The van der Waals surface area contributed by atoms with E-state index in [4.69, 9.17) is 21.9 Å². The molecule has 0 aliphatic rings. The zero-order valence-corrected chi connectivity index (χ0v) is 16.6. The van der Waals surface area contributed by atoms with Crippen molar-refractivity contribution in [3.63, 3.8) is 0 Å². The number of nitrogens with one attached hydrogen (secondary N) is 1. The van der Waals surface area contributed by atoms with Crippen LogP contribution in [-0.2, 0) is 10.0 Å². The number of carbonyl (C=O) groups is 1. The highest BCUT2D eigenvalue weighted by molar-refractivity contribution is 7.89. The first kappa shape index (κ1) is 20.0. The Morgan fingerprint density at radius 3 is 2.54 bits per heavy atom. The average Bonchev–Trinajstić information content (AvgIpc) is 3.12. The molecule has 3 N–H and O–H groups in total. The smallest absolute Gasteiger partial charge is 0.257 e. The second-order valence-corrected chi connectivity index (χ2v) is 8.30. The molecule has 0 radical (unpaired) electrons. The van der Waals surface area contributed by atoms with Crippen LogP contribution < -0.4 is 10.5 Å². The molecule has 1 unspecified atom stereocenters. The van der Waals surface area contributed by atoms with E-state index in [1.165, 1.54) is 18.2 Å². The largest absolute Gasteiger partial charge is 0.366 e. The van der Waals surface area contributed by atoms with E-state index in [1.807, 2.05) is 0 Å². The van der Waals surface area contributed by atoms with E-state index in [0.29, 0.717) is 16.1 Å². The van der Waals surface area contributed by atoms with Crippen molar-refractivity contribution in [1.82, 2.24) is 14.9 Å². The van der Waals surface area contributed by atoms with Crippen molar-refractivity contribution in [2.24, 2.45) is 5.73 Å². The fourth-order valence-corrected chi connectivity index (χ4v) is 3.86. The number of primary amides is 1. The number of rotatable bonds is 6. The molecule has 0 aliphatic heterocycles. The summed E-state index contributed by atoms with van der Waals surface area (Å²) < 4.78 is 33.0. The van der Waals surface area contributed by atoms with Gasteiger partial charge in [0.25, 0.3) is 5.89 Å². The maximum atomic E-state index is 12.7. The van der Waals surface area contributed by atoms with Gasteiger partial charge in [-0.2, -0.15) is 4.98 Å². The van der Waals surface area contributed by atoms with Gasteiger partial charge in [-0.15, -0.1) is 0 Å². The summed E-state index contributed by atoms with van der Waals surface area (Å²) in [7, 11) is -3.94. The Labute approximate surface area is 166 Å². The SMILES string of the molecule is Cc1ccc(S(=O)(=O)NC(C)c2noc(-c3ccc(Cl)cc3)n2)cc1C(N)=O. The summed E-state index contributed by atoms with van der Waals surface area (Å²) in [6.45, 7) is 3.25. The molecule has 2 aromatic carbocycles. The van der Waals surface area contributed by atoms with Crippen molar-refractivity contribution in [3.05, 3.63) is 64.4 Å². The minimum absolute atomic E-state index is 0.0832. The van der Waals surface area contributed by atoms with E-state index >= 15 is 0 Å². The summed E-state index contributed by atoms with van der Waals surface area (Å²) in [5, 5.41) is 4.40. The lowest BCUT2D eigenvalue weighted by Gasteiger charge is -2.12. The van der Waals surface area contributed by atoms with Crippen molar-refractivity contribution in [2.75, 3.05) is 0 Å². The quantitative estimate of drug-likeness (QED) is 0.630. The first-order valence-corrected chi connectivity index (χ1v) is 10.1. The Balaban J connectivity index is 1.82. The number of benzene rings is 2. The Morgan fingerprint density at radius 1 is 1.21 bits per heavy atom. The summed E-state index contributed by atoms with van der Waals surface area (Å²) in [5.41, 5.74) is 6.67. The molecule has 8 nitrogen and oxygen atoms in total. The second-order valence-electron chi connectivity index (χ2n) is 6.15. The van der Waals surface area contributed by atoms with E-state index in [2.05, 4.69) is 14.9 Å². The third kappa shape index (κ3) is 4.22. The lowest BCUT2D eigenvalue weighted by atomic mass is 10.1. The highest BCUT2D eigenvalue weighted by atomic mass is 35.5. The summed E-state index contributed by atoms with van der Waals surface area (Å²) in [4.78, 5) is 15.6. The lowest BCUT2D eigenvalue weighted by Crippen LogP contribution is -2.28. The van der Waals surface area contributed by atoms with Crippen LogP contribution in [0, 0.1) is 6.92 Å². The van der Waals surface area contributed by atoms with Gasteiger partial charge < -0.3 is 10.3 Å². The molecule has 1 aromatic heterocycles. The predicted octanol–water partition coefficient (Wildman–Crippen LogP) is 2.84. The molecule has 0 saturated carbocycles. The van der Waals surface area contributed by atoms with Crippen molar-refractivity contribution in [1.29, 1.82) is 0 Å². The zero-order valence-electron chi connectivity index (χ0n) is 15.0. The molecule has 1 heterocycles. The van der Waals surface area contributed by atoms with Crippen LogP contribution in [0.3, 0.4) is 0 Å². The third-order valence-electron chi connectivity index (χ3n) is 4.04. The van der Waals surface area contributed by atoms with Crippen molar-refractivity contribution < 1.29 is 17.7 Å². The summed E-state index contributed by atoms with van der Waals surface area (Å²) in [6, 6.07) is 10.2. The Kier molecular flexibility index (Phi) is 5.50. The van der Waals surface area contributed by atoms with E-state index in [-0.39, 0.29) is 22.2 Å². The van der Waals surface area contributed by atoms with Crippen LogP contribution in [0.1, 0.15) is 34.7 Å². The van der Waals surface area contributed by atoms with Gasteiger partial charge >= 0.3 is 0 Å². The van der Waals surface area contributed by atoms with Gasteiger partial charge in [0.2, 0.25) is 15.9 Å². The first-order chi connectivity index (χ1) is 13.2. The number of hydrogen-bond acceptors (Lipinski definition) is 6. The number of carbonyl (C=O) groups excluding carboxylic acids is 1. The summed E-state index contributed by atoms with van der Waals surface area (Å²) >= 11 is 5.85. The van der Waals surface area contributed by atoms with Gasteiger partial charge in [-0.3, -0.25) is 4.79 Å². The van der Waals surface area contributed by atoms with Gasteiger partial charge in [-0.05, 0) is 55.8 Å². The molecule has 146 valence electrons. The Bertz CT molecular complexity index is 1130. The van der Waals surface area contributed by atoms with E-state index in [0.717, 1.165) is 0 Å². The van der Waals surface area contributed by atoms with Gasteiger partial charge in [-0.25, -0.2) is 13.1 Å². The highest BCUT2D eigenvalue weighted by Gasteiger charge is 2.23. The normalized spacial score (nSPS) is 12.7. The van der Waals surface area contributed by atoms with Crippen LogP contribution in [0.5, 0.6) is 0 Å². The molecule has 0 fully saturated rings. The Hall–Kier alpha value is -2.75. The molecule has 0 spiro atoms. The molecular weight excluding hydrogens is 404 g/mol. The van der Waals surface area contributed by atoms with Crippen LogP contribution in [0.25, 0.3) is 11.5 Å². The maximum Gasteiger partial charge on any atom is 0.257 e. The fourth-order valence-electron chi connectivity index (χ4n) is 2.51. The number of halogens is 1. The molecule has 3 rings (SSSR count). The molecule has 3 aromatic rings. The van der Waals surface area contributed by atoms with Crippen molar-refractivity contribution in [3.8, 4) is 11.5 Å². The van der Waals surface area contributed by atoms with E-state index in [1.54, 1.807) is 38.1 Å². The maximum absolute atomic E-state index is 12.7. The number of amides is 1. The van der Waals surface area contributed by atoms with Crippen LogP contribution >= 0.6 is 11.6 Å². The summed E-state index contributed by atoms with van der Waals surface area (Å²) in [5.74, 6) is -0.298. The molecule has 0 bridgehead atoms. The monoisotopic (exact) mass is 420 g/mol. The van der Waals surface area contributed by atoms with Gasteiger partial charge in [-0.1, -0.05) is 22.8 Å². The molecule has 1 amide bonds. The topological polar surface area (TPSA) is 128 Å². The second kappa shape index (κ2) is 7.70. The van der Waals surface area contributed by atoms with E-state index < -0.39 is 22.0 Å². The number of nitrogens with zero attached hydrogens (tertiary/aromatic N) is 2. The highest BCUT2D eigenvalue weighted by Crippen LogP contribution is 2.23. The van der Waals surface area contributed by atoms with E-state index in [9.17, 15) is 13.2 Å². The Morgan fingerprint density at radius 2 is 1.89 bits per heavy atom. The van der Waals surface area contributed by atoms with Gasteiger partial charge in [0.1, 0.15) is 0 Å². The molecule has 0 aliphatic carbocycles. The zero-order chi connectivity index (χ0) is 20.5. The van der Waals surface area contributed by atoms with Crippen molar-refractivity contribution in [2.45, 2.75) is 24.8 Å². The van der Waals surface area contributed by atoms with Crippen LogP contribution in [0.4, 0.5) is 0 Å². The molecule has 1 atom stereocenters. The molecule has 10 heteroatoms. The minimum atomic E-state index is -3.94. The fraction of sp³-hybridized carbons (Fsp3) is 0.167. The number of hydrogen-bond donors (Lipinski definition) is 2. The minimum Gasteiger partial charge on any atom is -0.366 e. The number of nitrogens with two attached hydrogens (primary N) is 1. The van der Waals surface area contributed by atoms with Crippen LogP contribution in [0.15, 0.2) is 51.9 Å². The van der Waals surface area contributed by atoms with Crippen molar-refractivity contribution >= 4 is 27.5 Å². The standard InChI is InChI=1S/C18H17ClN4O4S/c1-10-3-8-14(9-15(10)16(20)24)28(25,26)23-11(2)17-21-18(27-22-17)12-4-6-13(19)7-5-12/h3-9,11,23H,1-2H3,(H2,20,24). The lowest BCUT2D eigenvalue weighted by molar-refractivity contribution is 0.0999. The van der Waals surface area contributed by atoms with Gasteiger partial charge in [0.15, 0.2) is 5.82 Å². The molecule has 28 heavy (non-hydrogen) atoms. The molecular formula is C18H17ClN4O4S.